The molecule has 0 aliphatic heterocycles. The van der Waals surface area contributed by atoms with E-state index in [1.54, 1.807) is 0 Å². The fourth-order valence-corrected chi connectivity index (χ4v) is 3.42. The van der Waals surface area contributed by atoms with Crippen molar-refractivity contribution in [2.45, 2.75) is 45.1 Å². The van der Waals surface area contributed by atoms with Crippen molar-refractivity contribution in [3.63, 3.8) is 0 Å². The van der Waals surface area contributed by atoms with E-state index >= 15 is 0 Å². The second-order valence-electron chi connectivity index (χ2n) is 6.29. The zero-order valence-corrected chi connectivity index (χ0v) is 14.2. The Morgan fingerprint density at radius 1 is 1.13 bits per heavy atom. The highest BCUT2D eigenvalue weighted by molar-refractivity contribution is 6.31. The van der Waals surface area contributed by atoms with E-state index in [4.69, 9.17) is 11.6 Å². The summed E-state index contributed by atoms with van der Waals surface area (Å²) in [6, 6.07) is 14.1. The largest absolute Gasteiger partial charge is 0.349 e. The molecule has 0 radical (unpaired) electrons. The lowest BCUT2D eigenvalue weighted by molar-refractivity contribution is -0.121. The summed E-state index contributed by atoms with van der Waals surface area (Å²) in [6.45, 7) is 2.04. The smallest absolute Gasteiger partial charge is 0.224 e. The van der Waals surface area contributed by atoms with Crippen LogP contribution in [-0.4, -0.2) is 5.91 Å². The Kier molecular flexibility index (Phi) is 5.02. The molecule has 0 spiro atoms. The molecular weight excluding hydrogens is 306 g/mol. The zero-order valence-electron chi connectivity index (χ0n) is 13.4. The third-order valence-electron chi connectivity index (χ3n) is 4.56. The number of nitrogens with one attached hydrogen (secondary N) is 1. The fraction of sp³-hybridized carbons (Fsp3) is 0.350. The molecule has 1 atom stereocenters. The third-order valence-corrected chi connectivity index (χ3v) is 4.93. The molecule has 0 aromatic heterocycles. The maximum absolute atomic E-state index is 12.3. The molecule has 2 aromatic rings. The highest BCUT2D eigenvalue weighted by Crippen LogP contribution is 2.25. The summed E-state index contributed by atoms with van der Waals surface area (Å²) < 4.78 is 0. The van der Waals surface area contributed by atoms with Crippen LogP contribution in [0, 0.1) is 0 Å². The first-order chi connectivity index (χ1) is 11.1. The number of aryl methyl sites for hydroxylation is 2. The van der Waals surface area contributed by atoms with Gasteiger partial charge in [-0.2, -0.15) is 0 Å². The molecule has 3 heteroatoms. The van der Waals surface area contributed by atoms with Crippen molar-refractivity contribution in [2.75, 3.05) is 0 Å². The Morgan fingerprint density at radius 3 is 2.65 bits per heavy atom. The van der Waals surface area contributed by atoms with Crippen molar-refractivity contribution < 1.29 is 4.79 Å². The maximum Gasteiger partial charge on any atom is 0.224 e. The monoisotopic (exact) mass is 327 g/mol. The highest BCUT2D eigenvalue weighted by Gasteiger charge is 2.14. The van der Waals surface area contributed by atoms with Gasteiger partial charge in [0.1, 0.15) is 0 Å². The van der Waals surface area contributed by atoms with E-state index in [0.29, 0.717) is 11.4 Å². The van der Waals surface area contributed by atoms with Gasteiger partial charge in [0.2, 0.25) is 5.91 Å². The SMILES string of the molecule is C[C@@H](NC(=O)Cc1ccccc1Cl)c1ccc2c(c1)CCCC2. The Hall–Kier alpha value is -1.80. The topological polar surface area (TPSA) is 29.1 Å². The number of hydrogen-bond donors (Lipinski definition) is 1. The van der Waals surface area contributed by atoms with Crippen molar-refractivity contribution in [3.8, 4) is 0 Å². The molecule has 2 aromatic carbocycles. The van der Waals surface area contributed by atoms with E-state index in [1.807, 2.05) is 31.2 Å². The zero-order chi connectivity index (χ0) is 16.2. The molecule has 23 heavy (non-hydrogen) atoms. The predicted octanol–water partition coefficient (Wildman–Crippen LogP) is 4.64. The molecule has 2 nitrogen and oxygen atoms in total. The molecule has 1 amide bonds. The molecule has 0 saturated carbocycles. The van der Waals surface area contributed by atoms with Gasteiger partial charge < -0.3 is 5.32 Å². The van der Waals surface area contributed by atoms with E-state index in [9.17, 15) is 4.79 Å². The maximum atomic E-state index is 12.3. The molecular formula is C20H22ClNO. The average Bonchev–Trinajstić information content (AvgIpc) is 2.56. The molecule has 0 bridgehead atoms. The molecule has 1 N–H and O–H groups in total. The lowest BCUT2D eigenvalue weighted by Crippen LogP contribution is -2.28. The summed E-state index contributed by atoms with van der Waals surface area (Å²) in [5.41, 5.74) is 4.96. The van der Waals surface area contributed by atoms with Crippen LogP contribution in [0.3, 0.4) is 0 Å². The second kappa shape index (κ2) is 7.18. The van der Waals surface area contributed by atoms with Gasteiger partial charge in [0.25, 0.3) is 0 Å². The Balaban J connectivity index is 1.65. The summed E-state index contributed by atoms with van der Waals surface area (Å²) >= 11 is 6.12. The first kappa shape index (κ1) is 16.1. The average molecular weight is 328 g/mol. The van der Waals surface area contributed by atoms with Crippen LogP contribution >= 0.6 is 11.6 Å². The minimum Gasteiger partial charge on any atom is -0.349 e. The Morgan fingerprint density at radius 2 is 1.87 bits per heavy atom. The summed E-state index contributed by atoms with van der Waals surface area (Å²) in [4.78, 5) is 12.3. The van der Waals surface area contributed by atoms with Gasteiger partial charge in [-0.1, -0.05) is 48.0 Å². The van der Waals surface area contributed by atoms with Crippen molar-refractivity contribution in [1.82, 2.24) is 5.32 Å². The van der Waals surface area contributed by atoms with Crippen LogP contribution in [-0.2, 0) is 24.1 Å². The summed E-state index contributed by atoms with van der Waals surface area (Å²) in [7, 11) is 0. The van der Waals surface area contributed by atoms with Gasteiger partial charge in [0, 0.05) is 5.02 Å². The van der Waals surface area contributed by atoms with Crippen LogP contribution in [0.5, 0.6) is 0 Å². The van der Waals surface area contributed by atoms with E-state index in [-0.39, 0.29) is 11.9 Å². The van der Waals surface area contributed by atoms with Crippen LogP contribution in [0.25, 0.3) is 0 Å². The van der Waals surface area contributed by atoms with E-state index in [2.05, 4.69) is 23.5 Å². The molecule has 3 rings (SSSR count). The molecule has 0 saturated heterocycles. The highest BCUT2D eigenvalue weighted by atomic mass is 35.5. The van der Waals surface area contributed by atoms with Gasteiger partial charge in [-0.05, 0) is 60.9 Å². The Labute approximate surface area is 142 Å². The molecule has 0 unspecified atom stereocenters. The number of carbonyl (C=O) groups excluding carboxylic acids is 1. The quantitative estimate of drug-likeness (QED) is 0.871. The van der Waals surface area contributed by atoms with Gasteiger partial charge >= 0.3 is 0 Å². The van der Waals surface area contributed by atoms with E-state index in [1.165, 1.54) is 36.0 Å². The first-order valence-electron chi connectivity index (χ1n) is 8.28. The van der Waals surface area contributed by atoms with E-state index in [0.717, 1.165) is 12.0 Å². The van der Waals surface area contributed by atoms with E-state index < -0.39 is 0 Å². The van der Waals surface area contributed by atoms with Gasteiger partial charge in [0.15, 0.2) is 0 Å². The van der Waals surface area contributed by atoms with Crippen LogP contribution < -0.4 is 5.32 Å². The fourth-order valence-electron chi connectivity index (χ4n) is 3.21. The minimum atomic E-state index is 0.00307. The number of rotatable bonds is 4. The summed E-state index contributed by atoms with van der Waals surface area (Å²) in [5.74, 6) is 0.00307. The van der Waals surface area contributed by atoms with Gasteiger partial charge in [0.05, 0.1) is 12.5 Å². The number of hydrogen-bond acceptors (Lipinski definition) is 1. The lowest BCUT2D eigenvalue weighted by Gasteiger charge is -2.20. The number of carbonyl (C=O) groups is 1. The number of halogens is 1. The van der Waals surface area contributed by atoms with Gasteiger partial charge in [-0.3, -0.25) is 4.79 Å². The summed E-state index contributed by atoms with van der Waals surface area (Å²) in [6.07, 6.45) is 5.21. The second-order valence-corrected chi connectivity index (χ2v) is 6.70. The molecule has 1 aliphatic rings. The van der Waals surface area contributed by atoms with Crippen LogP contribution in [0.2, 0.25) is 5.02 Å². The lowest BCUT2D eigenvalue weighted by atomic mass is 9.89. The van der Waals surface area contributed by atoms with Crippen LogP contribution in [0.1, 0.15) is 48.1 Å². The predicted molar refractivity (Wildman–Crippen MR) is 94.8 cm³/mol. The minimum absolute atomic E-state index is 0.00307. The first-order valence-corrected chi connectivity index (χ1v) is 8.66. The number of fused-ring (bicyclic) bond motifs is 1. The van der Waals surface area contributed by atoms with Crippen LogP contribution in [0.15, 0.2) is 42.5 Å². The molecule has 0 heterocycles. The van der Waals surface area contributed by atoms with Gasteiger partial charge in [-0.15, -0.1) is 0 Å². The van der Waals surface area contributed by atoms with Gasteiger partial charge in [-0.25, -0.2) is 0 Å². The number of benzene rings is 2. The van der Waals surface area contributed by atoms with Crippen molar-refractivity contribution in [2.24, 2.45) is 0 Å². The number of amides is 1. The van der Waals surface area contributed by atoms with Crippen molar-refractivity contribution >= 4 is 17.5 Å². The van der Waals surface area contributed by atoms with Crippen molar-refractivity contribution in [1.29, 1.82) is 0 Å². The molecule has 1 aliphatic carbocycles. The third kappa shape index (κ3) is 3.94. The van der Waals surface area contributed by atoms with Crippen LogP contribution in [0.4, 0.5) is 0 Å². The molecule has 120 valence electrons. The normalized spacial score (nSPS) is 14.9. The molecule has 0 fully saturated rings. The summed E-state index contributed by atoms with van der Waals surface area (Å²) in [5, 5.41) is 3.72. The standard InChI is InChI=1S/C20H22ClNO/c1-14(16-11-10-15-6-2-3-7-17(15)12-16)22-20(23)13-18-8-4-5-9-19(18)21/h4-5,8-12,14H,2-3,6-7,13H2,1H3,(H,22,23)/t14-/m1/s1. The van der Waals surface area contributed by atoms with Crippen molar-refractivity contribution in [3.05, 3.63) is 69.7 Å². The Bertz CT molecular complexity index is 711.